The van der Waals surface area contributed by atoms with Crippen LogP contribution in [0.5, 0.6) is 0 Å². The number of nitrogens with zero attached hydrogens (tertiary/aromatic N) is 6. The van der Waals surface area contributed by atoms with E-state index >= 15 is 0 Å². The van der Waals surface area contributed by atoms with Gasteiger partial charge in [-0.15, -0.1) is 5.10 Å². The van der Waals surface area contributed by atoms with E-state index in [2.05, 4.69) is 43.0 Å². The molecule has 2 aliphatic rings. The van der Waals surface area contributed by atoms with Crippen molar-refractivity contribution in [3.8, 4) is 0 Å². The van der Waals surface area contributed by atoms with Crippen LogP contribution in [0.4, 0.5) is 11.8 Å². The molecule has 138 valence electrons. The lowest BCUT2D eigenvalue weighted by Crippen LogP contribution is -2.47. The van der Waals surface area contributed by atoms with Crippen molar-refractivity contribution in [3.63, 3.8) is 0 Å². The third-order valence-corrected chi connectivity index (χ3v) is 5.33. The van der Waals surface area contributed by atoms with Crippen molar-refractivity contribution >= 4 is 11.8 Å². The fourth-order valence-corrected chi connectivity index (χ4v) is 3.70. The number of hydrogen-bond donors (Lipinski definition) is 0. The first kappa shape index (κ1) is 17.1. The van der Waals surface area contributed by atoms with Crippen molar-refractivity contribution in [1.29, 1.82) is 0 Å². The van der Waals surface area contributed by atoms with Gasteiger partial charge in [-0.05, 0) is 37.5 Å². The molecule has 0 spiro atoms. The molecule has 7 nitrogen and oxygen atoms in total. The van der Waals surface area contributed by atoms with Gasteiger partial charge >= 0.3 is 0 Å². The second kappa shape index (κ2) is 7.53. The number of aromatic nitrogens is 4. The summed E-state index contributed by atoms with van der Waals surface area (Å²) in [6.07, 6.45) is 6.12. The van der Waals surface area contributed by atoms with Crippen LogP contribution >= 0.6 is 0 Å². The number of hydrogen-bond acceptors (Lipinski definition) is 7. The van der Waals surface area contributed by atoms with Gasteiger partial charge in [0.1, 0.15) is 0 Å². The van der Waals surface area contributed by atoms with Crippen LogP contribution in [0.2, 0.25) is 0 Å². The molecule has 0 saturated carbocycles. The van der Waals surface area contributed by atoms with Crippen LogP contribution in [-0.2, 0) is 11.2 Å². The van der Waals surface area contributed by atoms with Gasteiger partial charge in [-0.1, -0.05) is 6.92 Å². The molecule has 26 heavy (non-hydrogen) atoms. The SMILES string of the molecule is CCc1cnc(N2CCO[C@@H]3CN(c4ccc(C)nn4)CC[C@@H]3C2)nc1. The van der Waals surface area contributed by atoms with Crippen molar-refractivity contribution < 1.29 is 4.74 Å². The van der Waals surface area contributed by atoms with Crippen molar-refractivity contribution in [2.75, 3.05) is 42.6 Å². The molecule has 0 amide bonds. The maximum atomic E-state index is 6.19. The molecule has 0 aromatic carbocycles. The highest BCUT2D eigenvalue weighted by molar-refractivity contribution is 5.39. The lowest BCUT2D eigenvalue weighted by Gasteiger charge is -2.38. The van der Waals surface area contributed by atoms with Crippen LogP contribution in [0.1, 0.15) is 24.6 Å². The Morgan fingerprint density at radius 1 is 1.08 bits per heavy atom. The lowest BCUT2D eigenvalue weighted by molar-refractivity contribution is 0.0251. The fourth-order valence-electron chi connectivity index (χ4n) is 3.70. The van der Waals surface area contributed by atoms with E-state index in [1.54, 1.807) is 0 Å². The minimum absolute atomic E-state index is 0.215. The first-order valence-corrected chi connectivity index (χ1v) is 9.45. The topological polar surface area (TPSA) is 67.3 Å². The predicted molar refractivity (Wildman–Crippen MR) is 100 cm³/mol. The summed E-state index contributed by atoms with van der Waals surface area (Å²) in [4.78, 5) is 13.7. The summed E-state index contributed by atoms with van der Waals surface area (Å²) in [7, 11) is 0. The molecule has 4 rings (SSSR count). The number of piperidine rings is 1. The quantitative estimate of drug-likeness (QED) is 0.833. The highest BCUT2D eigenvalue weighted by Crippen LogP contribution is 2.27. The molecule has 0 bridgehead atoms. The number of fused-ring (bicyclic) bond motifs is 1. The van der Waals surface area contributed by atoms with Gasteiger partial charge in [0.25, 0.3) is 0 Å². The molecule has 2 atom stereocenters. The van der Waals surface area contributed by atoms with Gasteiger partial charge in [0.15, 0.2) is 5.82 Å². The van der Waals surface area contributed by atoms with Crippen molar-refractivity contribution in [2.24, 2.45) is 5.92 Å². The third kappa shape index (κ3) is 3.62. The second-order valence-electron chi connectivity index (χ2n) is 7.13. The van der Waals surface area contributed by atoms with Crippen LogP contribution in [0.25, 0.3) is 0 Å². The molecule has 7 heteroatoms. The van der Waals surface area contributed by atoms with Gasteiger partial charge in [-0.2, -0.15) is 5.10 Å². The number of rotatable bonds is 3. The average molecular weight is 354 g/mol. The Morgan fingerprint density at radius 2 is 1.92 bits per heavy atom. The molecule has 2 aliphatic heterocycles. The third-order valence-electron chi connectivity index (χ3n) is 5.33. The van der Waals surface area contributed by atoms with Crippen LogP contribution in [0, 0.1) is 12.8 Å². The molecule has 4 heterocycles. The summed E-state index contributed by atoms with van der Waals surface area (Å²) >= 11 is 0. The van der Waals surface area contributed by atoms with Crippen LogP contribution in [0.3, 0.4) is 0 Å². The van der Waals surface area contributed by atoms with E-state index in [0.717, 1.165) is 56.5 Å². The first-order valence-electron chi connectivity index (χ1n) is 9.45. The number of anilines is 2. The Morgan fingerprint density at radius 3 is 2.65 bits per heavy atom. The average Bonchev–Trinajstić information content (AvgIpc) is 2.90. The van der Waals surface area contributed by atoms with E-state index in [0.29, 0.717) is 12.5 Å². The van der Waals surface area contributed by atoms with Crippen molar-refractivity contribution in [1.82, 2.24) is 20.2 Å². The predicted octanol–water partition coefficient (Wildman–Crippen LogP) is 1.87. The summed E-state index contributed by atoms with van der Waals surface area (Å²) in [5, 5.41) is 8.52. The smallest absolute Gasteiger partial charge is 0.225 e. The molecule has 2 aromatic heterocycles. The molecule has 0 radical (unpaired) electrons. The largest absolute Gasteiger partial charge is 0.374 e. The zero-order valence-corrected chi connectivity index (χ0v) is 15.5. The maximum Gasteiger partial charge on any atom is 0.225 e. The lowest BCUT2D eigenvalue weighted by atomic mass is 9.93. The van der Waals surface area contributed by atoms with E-state index in [1.807, 2.05) is 25.4 Å². The molecule has 2 saturated heterocycles. The number of aryl methyl sites for hydroxylation is 2. The summed E-state index contributed by atoms with van der Waals surface area (Å²) in [6, 6.07) is 4.07. The van der Waals surface area contributed by atoms with Crippen molar-refractivity contribution in [2.45, 2.75) is 32.8 Å². The van der Waals surface area contributed by atoms with E-state index in [4.69, 9.17) is 4.74 Å². The minimum Gasteiger partial charge on any atom is -0.374 e. The standard InChI is InChI=1S/C19H26N6O/c1-3-15-10-20-19(21-11-15)25-8-9-26-17-13-24(7-6-16(17)12-25)18-5-4-14(2)22-23-18/h4-5,10-11,16-17H,3,6-9,12-13H2,1-2H3/t16-,17-/m1/s1. The molecular formula is C19H26N6O. The highest BCUT2D eigenvalue weighted by Gasteiger charge is 2.34. The summed E-state index contributed by atoms with van der Waals surface area (Å²) < 4.78 is 6.19. The van der Waals surface area contributed by atoms with E-state index in [-0.39, 0.29) is 6.10 Å². The molecule has 0 N–H and O–H groups in total. The Balaban J connectivity index is 1.43. The fraction of sp³-hybridized carbons (Fsp3) is 0.579. The van der Waals surface area contributed by atoms with Gasteiger partial charge in [0.2, 0.25) is 5.95 Å². The Kier molecular flexibility index (Phi) is 4.97. The monoisotopic (exact) mass is 354 g/mol. The molecule has 0 unspecified atom stereocenters. The molecule has 2 aromatic rings. The summed E-state index contributed by atoms with van der Waals surface area (Å²) in [5.74, 6) is 2.25. The Hall–Kier alpha value is -2.28. The first-order chi connectivity index (χ1) is 12.7. The van der Waals surface area contributed by atoms with Gasteiger partial charge in [-0.3, -0.25) is 0 Å². The Bertz CT molecular complexity index is 720. The normalized spacial score (nSPS) is 23.5. The van der Waals surface area contributed by atoms with E-state index in [9.17, 15) is 0 Å². The van der Waals surface area contributed by atoms with Gasteiger partial charge in [0.05, 0.1) is 18.4 Å². The van der Waals surface area contributed by atoms with E-state index in [1.165, 1.54) is 5.56 Å². The minimum atomic E-state index is 0.215. The van der Waals surface area contributed by atoms with Crippen LogP contribution in [-0.4, -0.2) is 59.1 Å². The zero-order chi connectivity index (χ0) is 17.9. The van der Waals surface area contributed by atoms with Crippen LogP contribution < -0.4 is 9.80 Å². The van der Waals surface area contributed by atoms with Gasteiger partial charge in [0, 0.05) is 44.5 Å². The Labute approximate surface area is 154 Å². The zero-order valence-electron chi connectivity index (χ0n) is 15.5. The number of ether oxygens (including phenoxy) is 1. The van der Waals surface area contributed by atoms with Gasteiger partial charge in [-0.25, -0.2) is 9.97 Å². The summed E-state index contributed by atoms with van der Waals surface area (Å²) in [5.41, 5.74) is 2.12. The highest BCUT2D eigenvalue weighted by atomic mass is 16.5. The second-order valence-corrected chi connectivity index (χ2v) is 7.13. The molecule has 0 aliphatic carbocycles. The van der Waals surface area contributed by atoms with Crippen LogP contribution in [0.15, 0.2) is 24.5 Å². The molecular weight excluding hydrogens is 328 g/mol. The maximum absolute atomic E-state index is 6.19. The summed E-state index contributed by atoms with van der Waals surface area (Å²) in [6.45, 7) is 8.41. The van der Waals surface area contributed by atoms with Gasteiger partial charge < -0.3 is 14.5 Å². The van der Waals surface area contributed by atoms with E-state index < -0.39 is 0 Å². The molecule has 2 fully saturated rings. The van der Waals surface area contributed by atoms with Crippen molar-refractivity contribution in [3.05, 3.63) is 35.8 Å².